The van der Waals surface area contributed by atoms with Gasteiger partial charge >= 0.3 is 0 Å². The first-order valence-electron chi connectivity index (χ1n) is 7.44. The lowest BCUT2D eigenvalue weighted by molar-refractivity contribution is 0.108. The molecule has 0 aliphatic rings. The Balaban J connectivity index is 1.87. The van der Waals surface area contributed by atoms with E-state index in [2.05, 4.69) is 19.1 Å². The number of unbranched alkanes of at least 4 members (excludes halogenated alkanes) is 1. The molecule has 0 aliphatic heterocycles. The number of anilines is 1. The summed E-state index contributed by atoms with van der Waals surface area (Å²) in [5, 5.41) is 10.1. The Morgan fingerprint density at radius 2 is 1.90 bits per heavy atom. The van der Waals surface area contributed by atoms with Gasteiger partial charge in [-0.2, -0.15) is 0 Å². The molecule has 0 radical (unpaired) electrons. The monoisotopic (exact) mass is 285 g/mol. The minimum atomic E-state index is -0.673. The van der Waals surface area contributed by atoms with Crippen LogP contribution in [0.1, 0.15) is 37.0 Å². The first-order chi connectivity index (χ1) is 10.2. The van der Waals surface area contributed by atoms with E-state index in [1.54, 1.807) is 12.1 Å². The molecular weight excluding hydrogens is 262 g/mol. The lowest BCUT2D eigenvalue weighted by atomic mass is 10.1. The van der Waals surface area contributed by atoms with Gasteiger partial charge in [0, 0.05) is 5.69 Å². The van der Waals surface area contributed by atoms with Crippen molar-refractivity contribution < 1.29 is 9.84 Å². The van der Waals surface area contributed by atoms with Crippen LogP contribution in [0.3, 0.4) is 0 Å². The molecule has 2 rings (SSSR count). The highest BCUT2D eigenvalue weighted by Crippen LogP contribution is 2.19. The Bertz CT molecular complexity index is 551. The zero-order valence-electron chi connectivity index (χ0n) is 12.5. The second-order valence-corrected chi connectivity index (χ2v) is 5.24. The van der Waals surface area contributed by atoms with Crippen molar-refractivity contribution >= 4 is 5.69 Å². The lowest BCUT2D eigenvalue weighted by Crippen LogP contribution is -2.10. The van der Waals surface area contributed by atoms with Gasteiger partial charge < -0.3 is 15.6 Å². The molecule has 3 heteroatoms. The first-order valence-corrected chi connectivity index (χ1v) is 7.44. The molecule has 1 unspecified atom stereocenters. The van der Waals surface area contributed by atoms with Gasteiger partial charge in [0.1, 0.15) is 18.5 Å². The highest BCUT2D eigenvalue weighted by atomic mass is 16.5. The van der Waals surface area contributed by atoms with Crippen LogP contribution in [-0.4, -0.2) is 11.7 Å². The third-order valence-corrected chi connectivity index (χ3v) is 3.45. The van der Waals surface area contributed by atoms with Crippen LogP contribution in [0.4, 0.5) is 5.69 Å². The number of nitrogens with two attached hydrogens (primary N) is 1. The standard InChI is InChI=1S/C18H23NO2/c1-2-3-5-14-8-10-17(11-9-14)21-13-18(20)15-6-4-7-16(19)12-15/h4,6-12,18,20H,2-3,5,13,19H2,1H3. The number of rotatable bonds is 7. The quantitative estimate of drug-likeness (QED) is 0.762. The van der Waals surface area contributed by atoms with E-state index in [0.717, 1.165) is 17.7 Å². The Labute approximate surface area is 126 Å². The fourth-order valence-electron chi connectivity index (χ4n) is 2.17. The molecule has 112 valence electrons. The maximum atomic E-state index is 10.1. The van der Waals surface area contributed by atoms with Crippen molar-refractivity contribution in [3.8, 4) is 5.75 Å². The summed E-state index contributed by atoms with van der Waals surface area (Å²) in [5.41, 5.74) is 8.45. The Morgan fingerprint density at radius 1 is 1.14 bits per heavy atom. The van der Waals surface area contributed by atoms with E-state index < -0.39 is 6.10 Å². The maximum Gasteiger partial charge on any atom is 0.119 e. The zero-order chi connectivity index (χ0) is 15.1. The summed E-state index contributed by atoms with van der Waals surface area (Å²) in [6.07, 6.45) is 2.83. The van der Waals surface area contributed by atoms with Gasteiger partial charge in [-0.05, 0) is 48.2 Å². The number of hydrogen-bond donors (Lipinski definition) is 2. The fraction of sp³-hybridized carbons (Fsp3) is 0.333. The van der Waals surface area contributed by atoms with Crippen LogP contribution in [0.15, 0.2) is 48.5 Å². The number of aliphatic hydroxyl groups is 1. The highest BCUT2D eigenvalue weighted by molar-refractivity contribution is 5.41. The Morgan fingerprint density at radius 3 is 2.57 bits per heavy atom. The average molecular weight is 285 g/mol. The number of aliphatic hydroxyl groups excluding tert-OH is 1. The van der Waals surface area contributed by atoms with Crippen LogP contribution in [-0.2, 0) is 6.42 Å². The average Bonchev–Trinajstić information content (AvgIpc) is 2.51. The van der Waals surface area contributed by atoms with Crippen LogP contribution < -0.4 is 10.5 Å². The van der Waals surface area contributed by atoms with E-state index in [4.69, 9.17) is 10.5 Å². The van der Waals surface area contributed by atoms with Gasteiger partial charge in [-0.25, -0.2) is 0 Å². The van der Waals surface area contributed by atoms with Crippen LogP contribution >= 0.6 is 0 Å². The fourth-order valence-corrected chi connectivity index (χ4v) is 2.17. The lowest BCUT2D eigenvalue weighted by Gasteiger charge is -2.13. The molecule has 0 heterocycles. The van der Waals surface area contributed by atoms with Gasteiger partial charge in [0.2, 0.25) is 0 Å². The minimum absolute atomic E-state index is 0.220. The third kappa shape index (κ3) is 4.80. The summed E-state index contributed by atoms with van der Waals surface area (Å²) >= 11 is 0. The van der Waals surface area contributed by atoms with E-state index in [9.17, 15) is 5.11 Å². The first kappa shape index (κ1) is 15.4. The molecule has 0 fully saturated rings. The molecule has 21 heavy (non-hydrogen) atoms. The van der Waals surface area contributed by atoms with E-state index in [1.807, 2.05) is 24.3 Å². The van der Waals surface area contributed by atoms with Crippen molar-refractivity contribution in [2.75, 3.05) is 12.3 Å². The summed E-state index contributed by atoms with van der Waals surface area (Å²) in [4.78, 5) is 0. The molecule has 0 saturated heterocycles. The molecule has 0 aromatic heterocycles. The SMILES string of the molecule is CCCCc1ccc(OCC(O)c2cccc(N)c2)cc1. The van der Waals surface area contributed by atoms with E-state index in [1.165, 1.54) is 18.4 Å². The van der Waals surface area contributed by atoms with Gasteiger partial charge in [0.15, 0.2) is 0 Å². The molecule has 0 aliphatic carbocycles. The van der Waals surface area contributed by atoms with Crippen LogP contribution in [0.25, 0.3) is 0 Å². The minimum Gasteiger partial charge on any atom is -0.491 e. The summed E-state index contributed by atoms with van der Waals surface area (Å²) in [7, 11) is 0. The van der Waals surface area contributed by atoms with Crippen LogP contribution in [0.2, 0.25) is 0 Å². The van der Waals surface area contributed by atoms with Crippen molar-refractivity contribution in [1.82, 2.24) is 0 Å². The number of nitrogen functional groups attached to an aromatic ring is 1. The highest BCUT2D eigenvalue weighted by Gasteiger charge is 2.08. The summed E-state index contributed by atoms with van der Waals surface area (Å²) in [5.74, 6) is 0.776. The Kier molecular flexibility index (Phi) is 5.64. The van der Waals surface area contributed by atoms with Crippen LogP contribution in [0, 0.1) is 0 Å². The smallest absolute Gasteiger partial charge is 0.119 e. The maximum absolute atomic E-state index is 10.1. The van der Waals surface area contributed by atoms with E-state index >= 15 is 0 Å². The van der Waals surface area contributed by atoms with E-state index in [0.29, 0.717) is 5.69 Å². The number of benzene rings is 2. The molecule has 2 aromatic rings. The van der Waals surface area contributed by atoms with Gasteiger partial charge in [-0.1, -0.05) is 37.6 Å². The molecule has 2 aromatic carbocycles. The van der Waals surface area contributed by atoms with Gasteiger partial charge in [0.25, 0.3) is 0 Å². The number of ether oxygens (including phenoxy) is 1. The molecule has 0 spiro atoms. The summed E-state index contributed by atoms with van der Waals surface area (Å²) in [6, 6.07) is 15.3. The second-order valence-electron chi connectivity index (χ2n) is 5.24. The normalized spacial score (nSPS) is 12.1. The van der Waals surface area contributed by atoms with Crippen molar-refractivity contribution in [2.24, 2.45) is 0 Å². The molecule has 1 atom stereocenters. The largest absolute Gasteiger partial charge is 0.491 e. The zero-order valence-corrected chi connectivity index (χ0v) is 12.5. The van der Waals surface area contributed by atoms with Gasteiger partial charge in [0.05, 0.1) is 0 Å². The van der Waals surface area contributed by atoms with Crippen molar-refractivity contribution in [3.05, 3.63) is 59.7 Å². The van der Waals surface area contributed by atoms with Crippen LogP contribution in [0.5, 0.6) is 5.75 Å². The van der Waals surface area contributed by atoms with E-state index in [-0.39, 0.29) is 6.61 Å². The summed E-state index contributed by atoms with van der Waals surface area (Å²) in [6.45, 7) is 2.41. The Hall–Kier alpha value is -2.00. The molecule has 0 amide bonds. The molecule has 0 saturated carbocycles. The third-order valence-electron chi connectivity index (χ3n) is 3.45. The molecular formula is C18H23NO2. The van der Waals surface area contributed by atoms with Crippen molar-refractivity contribution in [1.29, 1.82) is 0 Å². The molecule has 0 bridgehead atoms. The second kappa shape index (κ2) is 7.70. The molecule has 3 N–H and O–H groups in total. The topological polar surface area (TPSA) is 55.5 Å². The number of aryl methyl sites for hydroxylation is 1. The predicted molar refractivity (Wildman–Crippen MR) is 86.4 cm³/mol. The van der Waals surface area contributed by atoms with Crippen molar-refractivity contribution in [2.45, 2.75) is 32.3 Å². The van der Waals surface area contributed by atoms with Gasteiger partial charge in [-0.15, -0.1) is 0 Å². The summed E-state index contributed by atoms with van der Waals surface area (Å²) < 4.78 is 5.63. The number of hydrogen-bond acceptors (Lipinski definition) is 3. The van der Waals surface area contributed by atoms with Gasteiger partial charge in [-0.3, -0.25) is 0 Å². The predicted octanol–water partition coefficient (Wildman–Crippen LogP) is 3.72. The van der Waals surface area contributed by atoms with Crippen molar-refractivity contribution in [3.63, 3.8) is 0 Å². The molecule has 3 nitrogen and oxygen atoms in total.